The van der Waals surface area contributed by atoms with E-state index in [0.29, 0.717) is 6.54 Å². The van der Waals surface area contributed by atoms with Crippen LogP contribution >= 0.6 is 0 Å². The topological polar surface area (TPSA) is 40.5 Å². The molecule has 1 unspecified atom stereocenters. The molecule has 1 rings (SSSR count). The van der Waals surface area contributed by atoms with Gasteiger partial charge < -0.3 is 5.11 Å². The summed E-state index contributed by atoms with van der Waals surface area (Å²) in [5.41, 5.74) is 0.924. The summed E-state index contributed by atoms with van der Waals surface area (Å²) in [6, 6.07) is 6.35. The lowest BCUT2D eigenvalue weighted by Gasteiger charge is -2.26. The number of hydrogen-bond donors (Lipinski definition) is 1. The molecule has 0 aliphatic heterocycles. The Labute approximate surface area is 101 Å². The third kappa shape index (κ3) is 4.53. The first kappa shape index (κ1) is 13.6. The molecule has 1 aromatic rings. The van der Waals surface area contributed by atoms with Gasteiger partial charge in [-0.1, -0.05) is 19.1 Å². The normalized spacial score (nSPS) is 12.7. The standard InChI is InChI=1S/C13H18FNO2/c1-3-10(2)15(9-13(16)17)8-11-4-6-12(14)7-5-11/h4-7,10H,3,8-9H2,1-2H3,(H,16,17). The van der Waals surface area contributed by atoms with Crippen LogP contribution in [0.3, 0.4) is 0 Å². The van der Waals surface area contributed by atoms with Crippen LogP contribution in [0.25, 0.3) is 0 Å². The Morgan fingerprint density at radius 1 is 1.41 bits per heavy atom. The molecule has 0 saturated heterocycles. The molecular formula is C13H18FNO2. The van der Waals surface area contributed by atoms with Gasteiger partial charge in [-0.15, -0.1) is 0 Å². The van der Waals surface area contributed by atoms with Gasteiger partial charge in [-0.05, 0) is 31.0 Å². The van der Waals surface area contributed by atoms with Crippen molar-refractivity contribution in [2.45, 2.75) is 32.9 Å². The molecule has 0 amide bonds. The maximum atomic E-state index is 12.8. The zero-order valence-electron chi connectivity index (χ0n) is 10.2. The van der Waals surface area contributed by atoms with Crippen molar-refractivity contribution in [3.8, 4) is 0 Å². The summed E-state index contributed by atoms with van der Waals surface area (Å²) in [4.78, 5) is 12.6. The van der Waals surface area contributed by atoms with Crippen molar-refractivity contribution < 1.29 is 14.3 Å². The quantitative estimate of drug-likeness (QED) is 0.829. The molecule has 94 valence electrons. The number of carboxylic acid groups (broad SMARTS) is 1. The van der Waals surface area contributed by atoms with Gasteiger partial charge in [-0.3, -0.25) is 9.69 Å². The van der Waals surface area contributed by atoms with E-state index in [1.54, 1.807) is 12.1 Å². The van der Waals surface area contributed by atoms with Crippen LogP contribution in [0.1, 0.15) is 25.8 Å². The summed E-state index contributed by atoms with van der Waals surface area (Å²) in [6.07, 6.45) is 0.883. The summed E-state index contributed by atoms with van der Waals surface area (Å²) >= 11 is 0. The molecule has 3 nitrogen and oxygen atoms in total. The van der Waals surface area contributed by atoms with Crippen molar-refractivity contribution in [1.29, 1.82) is 0 Å². The minimum Gasteiger partial charge on any atom is -0.480 e. The van der Waals surface area contributed by atoms with Gasteiger partial charge in [0.2, 0.25) is 0 Å². The zero-order chi connectivity index (χ0) is 12.8. The second-order valence-electron chi connectivity index (χ2n) is 4.18. The Morgan fingerprint density at radius 2 is 2.00 bits per heavy atom. The van der Waals surface area contributed by atoms with Crippen LogP contribution < -0.4 is 0 Å². The van der Waals surface area contributed by atoms with E-state index in [1.807, 2.05) is 18.7 Å². The van der Waals surface area contributed by atoms with E-state index in [9.17, 15) is 9.18 Å². The van der Waals surface area contributed by atoms with Gasteiger partial charge in [0.25, 0.3) is 0 Å². The fourth-order valence-corrected chi connectivity index (χ4v) is 1.62. The summed E-state index contributed by atoms with van der Waals surface area (Å²) in [7, 11) is 0. The molecule has 0 fully saturated rings. The zero-order valence-corrected chi connectivity index (χ0v) is 10.2. The number of halogens is 1. The molecule has 0 aliphatic rings. The third-order valence-corrected chi connectivity index (χ3v) is 2.85. The van der Waals surface area contributed by atoms with Gasteiger partial charge in [0.15, 0.2) is 0 Å². The Kier molecular flexibility index (Phi) is 5.10. The van der Waals surface area contributed by atoms with Crippen molar-refractivity contribution in [1.82, 2.24) is 4.90 Å². The lowest BCUT2D eigenvalue weighted by Crippen LogP contribution is -2.36. The van der Waals surface area contributed by atoms with Gasteiger partial charge in [0.1, 0.15) is 5.82 Å². The van der Waals surface area contributed by atoms with Crippen molar-refractivity contribution in [3.63, 3.8) is 0 Å². The molecule has 1 atom stereocenters. The number of hydrogen-bond acceptors (Lipinski definition) is 2. The first-order valence-corrected chi connectivity index (χ1v) is 5.73. The fourth-order valence-electron chi connectivity index (χ4n) is 1.62. The second kappa shape index (κ2) is 6.35. The molecule has 0 spiro atoms. The van der Waals surface area contributed by atoms with Gasteiger partial charge >= 0.3 is 5.97 Å². The van der Waals surface area contributed by atoms with E-state index in [0.717, 1.165) is 12.0 Å². The Morgan fingerprint density at radius 3 is 2.47 bits per heavy atom. The third-order valence-electron chi connectivity index (χ3n) is 2.85. The molecule has 0 aliphatic carbocycles. The van der Waals surface area contributed by atoms with Crippen molar-refractivity contribution in [2.24, 2.45) is 0 Å². The van der Waals surface area contributed by atoms with E-state index < -0.39 is 5.97 Å². The van der Waals surface area contributed by atoms with E-state index in [4.69, 9.17) is 5.11 Å². The van der Waals surface area contributed by atoms with Gasteiger partial charge in [-0.2, -0.15) is 0 Å². The Balaban J connectivity index is 2.71. The van der Waals surface area contributed by atoms with Crippen LogP contribution in [0.5, 0.6) is 0 Å². The molecule has 0 saturated carbocycles. The number of carbonyl (C=O) groups is 1. The van der Waals surface area contributed by atoms with Crippen LogP contribution in [0.15, 0.2) is 24.3 Å². The minimum atomic E-state index is -0.840. The first-order valence-electron chi connectivity index (χ1n) is 5.73. The highest BCUT2D eigenvalue weighted by molar-refractivity contribution is 5.69. The van der Waals surface area contributed by atoms with Crippen molar-refractivity contribution >= 4 is 5.97 Å². The average molecular weight is 239 g/mol. The van der Waals surface area contributed by atoms with Crippen molar-refractivity contribution in [3.05, 3.63) is 35.6 Å². The second-order valence-corrected chi connectivity index (χ2v) is 4.18. The van der Waals surface area contributed by atoms with Gasteiger partial charge in [0, 0.05) is 12.6 Å². The summed E-state index contributed by atoms with van der Waals surface area (Å²) in [6.45, 7) is 4.55. The maximum Gasteiger partial charge on any atom is 0.317 e. The molecule has 1 aromatic carbocycles. The molecule has 0 aromatic heterocycles. The van der Waals surface area contributed by atoms with E-state index in [2.05, 4.69) is 0 Å². The summed E-state index contributed by atoms with van der Waals surface area (Å²) in [5, 5.41) is 8.85. The minimum absolute atomic E-state index is 0.00633. The SMILES string of the molecule is CCC(C)N(CC(=O)O)Cc1ccc(F)cc1. The maximum absolute atomic E-state index is 12.8. The number of benzene rings is 1. The fraction of sp³-hybridized carbons (Fsp3) is 0.462. The average Bonchev–Trinajstić information content (AvgIpc) is 2.29. The molecule has 17 heavy (non-hydrogen) atoms. The Bertz CT molecular complexity index is 364. The van der Waals surface area contributed by atoms with E-state index >= 15 is 0 Å². The molecule has 4 heteroatoms. The van der Waals surface area contributed by atoms with E-state index in [1.165, 1.54) is 12.1 Å². The highest BCUT2D eigenvalue weighted by Crippen LogP contribution is 2.11. The molecule has 1 N–H and O–H groups in total. The molecule has 0 heterocycles. The van der Waals surface area contributed by atoms with Crippen LogP contribution in [-0.4, -0.2) is 28.6 Å². The lowest BCUT2D eigenvalue weighted by atomic mass is 10.1. The van der Waals surface area contributed by atoms with Crippen molar-refractivity contribution in [2.75, 3.05) is 6.54 Å². The van der Waals surface area contributed by atoms with E-state index in [-0.39, 0.29) is 18.4 Å². The number of carboxylic acids is 1. The van der Waals surface area contributed by atoms with Gasteiger partial charge in [0.05, 0.1) is 6.54 Å². The largest absolute Gasteiger partial charge is 0.480 e. The van der Waals surface area contributed by atoms with Crippen LogP contribution in [0.2, 0.25) is 0 Å². The van der Waals surface area contributed by atoms with Crippen LogP contribution in [0, 0.1) is 5.82 Å². The monoisotopic (exact) mass is 239 g/mol. The molecule has 0 radical (unpaired) electrons. The number of rotatable bonds is 6. The van der Waals surface area contributed by atoms with Gasteiger partial charge in [-0.25, -0.2) is 4.39 Å². The molecular weight excluding hydrogens is 221 g/mol. The smallest absolute Gasteiger partial charge is 0.317 e. The number of nitrogens with zero attached hydrogens (tertiary/aromatic N) is 1. The highest BCUT2D eigenvalue weighted by Gasteiger charge is 2.15. The lowest BCUT2D eigenvalue weighted by molar-refractivity contribution is -0.139. The summed E-state index contributed by atoms with van der Waals surface area (Å²) in [5.74, 6) is -1.12. The van der Waals surface area contributed by atoms with Crippen LogP contribution in [-0.2, 0) is 11.3 Å². The predicted octanol–water partition coefficient (Wildman–Crippen LogP) is 2.51. The first-order chi connectivity index (χ1) is 8.02. The molecule has 0 bridgehead atoms. The highest BCUT2D eigenvalue weighted by atomic mass is 19.1. The Hall–Kier alpha value is -1.42. The van der Waals surface area contributed by atoms with Crippen LogP contribution in [0.4, 0.5) is 4.39 Å². The summed E-state index contributed by atoms with van der Waals surface area (Å²) < 4.78 is 12.8. The predicted molar refractivity (Wildman–Crippen MR) is 64.2 cm³/mol. The number of aliphatic carboxylic acids is 1.